The largest absolute Gasteiger partial charge is 0.466 e. The molecule has 0 saturated heterocycles. The zero-order chi connectivity index (χ0) is 11.6. The highest BCUT2D eigenvalue weighted by Crippen LogP contribution is 1.95. The molecule has 0 amide bonds. The molecule has 0 fully saturated rings. The van der Waals surface area contributed by atoms with Gasteiger partial charge in [0.15, 0.2) is 0 Å². The van der Waals surface area contributed by atoms with Crippen LogP contribution >= 0.6 is 0 Å². The van der Waals surface area contributed by atoms with Gasteiger partial charge in [-0.25, -0.2) is 0 Å². The van der Waals surface area contributed by atoms with E-state index in [1.165, 1.54) is 0 Å². The zero-order valence-corrected chi connectivity index (χ0v) is 9.61. The molecule has 0 saturated carbocycles. The summed E-state index contributed by atoms with van der Waals surface area (Å²) in [5, 5.41) is 3.25. The first-order valence-electron chi connectivity index (χ1n) is 5.58. The van der Waals surface area contributed by atoms with Crippen LogP contribution in [0.4, 0.5) is 0 Å². The molecule has 4 nitrogen and oxygen atoms in total. The van der Waals surface area contributed by atoms with Gasteiger partial charge < -0.3 is 10.1 Å². The molecule has 0 aliphatic heterocycles. The molecule has 0 aliphatic carbocycles. The smallest absolute Gasteiger partial charge is 0.305 e. The molecule has 4 heteroatoms. The van der Waals surface area contributed by atoms with Crippen molar-refractivity contribution in [2.24, 2.45) is 0 Å². The van der Waals surface area contributed by atoms with Crippen molar-refractivity contribution in [1.29, 1.82) is 0 Å². The van der Waals surface area contributed by atoms with Gasteiger partial charge in [0.25, 0.3) is 0 Å². The topological polar surface area (TPSA) is 51.2 Å². The Morgan fingerprint density at radius 1 is 1.56 bits per heavy atom. The lowest BCUT2D eigenvalue weighted by Crippen LogP contribution is -2.16. The van der Waals surface area contributed by atoms with E-state index in [0.717, 1.165) is 25.1 Å². The maximum atomic E-state index is 11.0. The molecule has 1 heterocycles. The third-order valence-electron chi connectivity index (χ3n) is 2.09. The second-order valence-corrected chi connectivity index (χ2v) is 3.45. The molecule has 1 N–H and O–H groups in total. The van der Waals surface area contributed by atoms with E-state index < -0.39 is 0 Å². The van der Waals surface area contributed by atoms with Gasteiger partial charge in [0, 0.05) is 25.4 Å². The van der Waals surface area contributed by atoms with Crippen LogP contribution in [0.2, 0.25) is 0 Å². The fourth-order valence-corrected chi connectivity index (χ4v) is 1.33. The molecular formula is C12H18N2O2. The van der Waals surface area contributed by atoms with Gasteiger partial charge >= 0.3 is 5.97 Å². The van der Waals surface area contributed by atoms with E-state index in [9.17, 15) is 4.79 Å². The fourth-order valence-electron chi connectivity index (χ4n) is 1.33. The molecule has 0 radical (unpaired) electrons. The van der Waals surface area contributed by atoms with Crippen molar-refractivity contribution in [1.82, 2.24) is 10.3 Å². The van der Waals surface area contributed by atoms with Crippen LogP contribution < -0.4 is 5.32 Å². The Kier molecular flexibility index (Phi) is 6.18. The molecule has 0 unspecified atom stereocenters. The number of hydrogen-bond acceptors (Lipinski definition) is 4. The lowest BCUT2D eigenvalue weighted by molar-refractivity contribution is -0.143. The van der Waals surface area contributed by atoms with Crippen LogP contribution in [-0.4, -0.2) is 24.1 Å². The van der Waals surface area contributed by atoms with Gasteiger partial charge in [0.1, 0.15) is 0 Å². The van der Waals surface area contributed by atoms with E-state index in [2.05, 4.69) is 10.3 Å². The van der Waals surface area contributed by atoms with E-state index in [1.54, 1.807) is 6.20 Å². The maximum Gasteiger partial charge on any atom is 0.305 e. The van der Waals surface area contributed by atoms with Crippen molar-refractivity contribution >= 4 is 5.97 Å². The Morgan fingerprint density at radius 2 is 2.44 bits per heavy atom. The second-order valence-electron chi connectivity index (χ2n) is 3.45. The average Bonchev–Trinajstić information content (AvgIpc) is 2.30. The summed E-state index contributed by atoms with van der Waals surface area (Å²) in [5.41, 5.74) is 1.15. The first-order valence-corrected chi connectivity index (χ1v) is 5.58. The van der Waals surface area contributed by atoms with E-state index >= 15 is 0 Å². The summed E-state index contributed by atoms with van der Waals surface area (Å²) in [4.78, 5) is 15.0. The van der Waals surface area contributed by atoms with E-state index in [1.807, 2.05) is 25.3 Å². The molecule has 16 heavy (non-hydrogen) atoms. The Bertz CT molecular complexity index is 301. The zero-order valence-electron chi connectivity index (χ0n) is 9.61. The van der Waals surface area contributed by atoms with E-state index in [0.29, 0.717) is 13.0 Å². The normalized spacial score (nSPS) is 10.1. The number of hydrogen-bond donors (Lipinski definition) is 1. The van der Waals surface area contributed by atoms with Gasteiger partial charge in [-0.2, -0.15) is 0 Å². The number of rotatable bonds is 7. The molecule has 0 aromatic carbocycles. The molecule has 0 spiro atoms. The monoisotopic (exact) mass is 222 g/mol. The van der Waals surface area contributed by atoms with Crippen LogP contribution in [0.1, 0.15) is 25.3 Å². The summed E-state index contributed by atoms with van der Waals surface area (Å²) < 4.78 is 4.83. The quantitative estimate of drug-likeness (QED) is 0.561. The summed E-state index contributed by atoms with van der Waals surface area (Å²) in [5.74, 6) is -0.120. The third-order valence-corrected chi connectivity index (χ3v) is 2.09. The Hall–Kier alpha value is -1.42. The summed E-state index contributed by atoms with van der Waals surface area (Å²) >= 11 is 0. The van der Waals surface area contributed by atoms with E-state index in [4.69, 9.17) is 4.74 Å². The summed E-state index contributed by atoms with van der Waals surface area (Å²) in [6.45, 7) is 3.88. The average molecular weight is 222 g/mol. The number of pyridine rings is 1. The standard InChI is InChI=1S/C12H18N2O2/c1-2-16-12(15)6-4-8-14-10-11-5-3-7-13-9-11/h3,5,7,9,14H,2,4,6,8,10H2,1H3. The van der Waals surface area contributed by atoms with Crippen molar-refractivity contribution in [2.75, 3.05) is 13.2 Å². The van der Waals surface area contributed by atoms with Gasteiger partial charge in [0.2, 0.25) is 0 Å². The van der Waals surface area contributed by atoms with Crippen LogP contribution in [0.3, 0.4) is 0 Å². The molecule has 1 aromatic rings. The Labute approximate surface area is 96.0 Å². The van der Waals surface area contributed by atoms with Crippen LogP contribution in [0.15, 0.2) is 24.5 Å². The fraction of sp³-hybridized carbons (Fsp3) is 0.500. The van der Waals surface area contributed by atoms with Gasteiger partial charge in [-0.15, -0.1) is 0 Å². The van der Waals surface area contributed by atoms with Crippen molar-refractivity contribution in [3.63, 3.8) is 0 Å². The number of carbonyl (C=O) groups is 1. The van der Waals surface area contributed by atoms with Gasteiger partial charge in [0.05, 0.1) is 6.61 Å². The molecule has 1 rings (SSSR count). The van der Waals surface area contributed by atoms with Crippen LogP contribution in [0.5, 0.6) is 0 Å². The number of esters is 1. The Balaban J connectivity index is 2.02. The van der Waals surface area contributed by atoms with Crippen LogP contribution in [0, 0.1) is 0 Å². The summed E-state index contributed by atoms with van der Waals surface area (Å²) in [6.07, 6.45) is 4.87. The lowest BCUT2D eigenvalue weighted by Gasteiger charge is -2.04. The number of carbonyl (C=O) groups excluding carboxylic acids is 1. The highest BCUT2D eigenvalue weighted by Gasteiger charge is 2.00. The van der Waals surface area contributed by atoms with Gasteiger partial charge in [-0.05, 0) is 31.5 Å². The second kappa shape index (κ2) is 7.82. The van der Waals surface area contributed by atoms with Crippen LogP contribution in [0.25, 0.3) is 0 Å². The number of ether oxygens (including phenoxy) is 1. The SMILES string of the molecule is CCOC(=O)CCCNCc1cccnc1. The molecule has 88 valence electrons. The number of aromatic nitrogens is 1. The van der Waals surface area contributed by atoms with Crippen molar-refractivity contribution < 1.29 is 9.53 Å². The van der Waals surface area contributed by atoms with Crippen molar-refractivity contribution in [3.8, 4) is 0 Å². The number of nitrogens with zero attached hydrogens (tertiary/aromatic N) is 1. The molecule has 0 aliphatic rings. The minimum Gasteiger partial charge on any atom is -0.466 e. The highest BCUT2D eigenvalue weighted by atomic mass is 16.5. The van der Waals surface area contributed by atoms with E-state index in [-0.39, 0.29) is 5.97 Å². The first kappa shape index (κ1) is 12.6. The van der Waals surface area contributed by atoms with Crippen LogP contribution in [-0.2, 0) is 16.1 Å². The molecule has 1 aromatic heterocycles. The van der Waals surface area contributed by atoms with Gasteiger partial charge in [-0.3, -0.25) is 9.78 Å². The molecular weight excluding hydrogens is 204 g/mol. The predicted octanol–water partition coefficient (Wildman–Crippen LogP) is 1.51. The number of nitrogens with one attached hydrogen (secondary N) is 1. The lowest BCUT2D eigenvalue weighted by atomic mass is 10.2. The molecule has 0 bridgehead atoms. The minimum absolute atomic E-state index is 0.120. The third kappa shape index (κ3) is 5.46. The van der Waals surface area contributed by atoms with Crippen molar-refractivity contribution in [2.45, 2.75) is 26.3 Å². The maximum absolute atomic E-state index is 11.0. The predicted molar refractivity (Wildman–Crippen MR) is 61.8 cm³/mol. The van der Waals surface area contributed by atoms with Crippen molar-refractivity contribution in [3.05, 3.63) is 30.1 Å². The highest BCUT2D eigenvalue weighted by molar-refractivity contribution is 5.69. The summed E-state index contributed by atoms with van der Waals surface area (Å²) in [7, 11) is 0. The Morgan fingerprint density at radius 3 is 3.12 bits per heavy atom. The minimum atomic E-state index is -0.120. The van der Waals surface area contributed by atoms with Gasteiger partial charge in [-0.1, -0.05) is 6.07 Å². The first-order chi connectivity index (χ1) is 7.83. The molecule has 0 atom stereocenters. The summed E-state index contributed by atoms with van der Waals surface area (Å²) in [6, 6.07) is 3.93.